The molecule has 2 aromatic carbocycles. The van der Waals surface area contributed by atoms with Gasteiger partial charge in [0.25, 0.3) is 0 Å². The number of methoxy groups -OCH3 is 1. The average molecular weight is 322 g/mol. The lowest BCUT2D eigenvalue weighted by Crippen LogP contribution is -2.44. The molecule has 0 amide bonds. The number of ether oxygens (including phenoxy) is 2. The van der Waals surface area contributed by atoms with Crippen LogP contribution >= 0.6 is 0 Å². The van der Waals surface area contributed by atoms with E-state index in [-0.39, 0.29) is 11.7 Å². The summed E-state index contributed by atoms with van der Waals surface area (Å²) in [6.45, 7) is 0. The Hall–Kier alpha value is -2.56. The number of aliphatic hydroxyl groups is 1. The van der Waals surface area contributed by atoms with Crippen molar-refractivity contribution >= 4 is 0 Å². The fourth-order valence-corrected chi connectivity index (χ4v) is 3.65. The van der Waals surface area contributed by atoms with Crippen LogP contribution in [0.15, 0.2) is 72.5 Å². The highest BCUT2D eigenvalue weighted by atomic mass is 16.5. The van der Waals surface area contributed by atoms with Gasteiger partial charge in [-0.25, -0.2) is 0 Å². The van der Waals surface area contributed by atoms with Crippen molar-refractivity contribution in [2.45, 2.75) is 11.7 Å². The van der Waals surface area contributed by atoms with Gasteiger partial charge in [0.05, 0.1) is 12.0 Å². The normalized spacial score (nSPS) is 27.7. The SMILES string of the molecule is COC1(c2ccccc2)c2ccc(O)cc2OC2=CC(O)C=CC21. The first-order valence-corrected chi connectivity index (χ1v) is 7.85. The topological polar surface area (TPSA) is 58.9 Å². The minimum Gasteiger partial charge on any atom is -0.508 e. The molecule has 0 fully saturated rings. The maximum atomic E-state index is 9.93. The van der Waals surface area contributed by atoms with E-state index in [0.717, 1.165) is 11.1 Å². The molecule has 2 aliphatic rings. The number of aliphatic hydroxyl groups excluding tert-OH is 1. The Morgan fingerprint density at radius 2 is 1.88 bits per heavy atom. The van der Waals surface area contributed by atoms with Crippen LogP contribution in [-0.4, -0.2) is 23.4 Å². The van der Waals surface area contributed by atoms with Crippen molar-refractivity contribution < 1.29 is 19.7 Å². The van der Waals surface area contributed by atoms with Gasteiger partial charge in [-0.05, 0) is 23.8 Å². The van der Waals surface area contributed by atoms with Crippen molar-refractivity contribution in [3.05, 3.63) is 83.6 Å². The number of phenols is 1. The van der Waals surface area contributed by atoms with Crippen LogP contribution in [-0.2, 0) is 10.3 Å². The summed E-state index contributed by atoms with van der Waals surface area (Å²) in [5.74, 6) is 1.07. The van der Waals surface area contributed by atoms with E-state index in [0.29, 0.717) is 11.5 Å². The van der Waals surface area contributed by atoms with E-state index in [2.05, 4.69) is 0 Å². The molecule has 0 saturated carbocycles. The summed E-state index contributed by atoms with van der Waals surface area (Å²) in [4.78, 5) is 0. The maximum Gasteiger partial charge on any atom is 0.137 e. The van der Waals surface area contributed by atoms with Gasteiger partial charge in [-0.2, -0.15) is 0 Å². The fraction of sp³-hybridized carbons (Fsp3) is 0.200. The van der Waals surface area contributed by atoms with Gasteiger partial charge in [0, 0.05) is 18.7 Å². The van der Waals surface area contributed by atoms with Gasteiger partial charge in [0.1, 0.15) is 22.9 Å². The molecule has 3 unspecified atom stereocenters. The molecule has 3 atom stereocenters. The molecule has 0 spiro atoms. The van der Waals surface area contributed by atoms with E-state index in [9.17, 15) is 10.2 Å². The van der Waals surface area contributed by atoms with Crippen LogP contribution in [0.25, 0.3) is 0 Å². The monoisotopic (exact) mass is 322 g/mol. The number of rotatable bonds is 2. The first kappa shape index (κ1) is 15.0. The van der Waals surface area contributed by atoms with Crippen LogP contribution in [0.4, 0.5) is 0 Å². The van der Waals surface area contributed by atoms with Gasteiger partial charge in [-0.1, -0.05) is 42.5 Å². The molecule has 4 nitrogen and oxygen atoms in total. The van der Waals surface area contributed by atoms with Gasteiger partial charge in [-0.15, -0.1) is 0 Å². The average Bonchev–Trinajstić information content (AvgIpc) is 2.60. The number of hydrogen-bond acceptors (Lipinski definition) is 4. The third-order valence-electron chi connectivity index (χ3n) is 4.70. The van der Waals surface area contributed by atoms with Crippen LogP contribution < -0.4 is 4.74 Å². The van der Waals surface area contributed by atoms with Crippen LogP contribution in [0.2, 0.25) is 0 Å². The second kappa shape index (κ2) is 5.51. The van der Waals surface area contributed by atoms with Crippen LogP contribution in [0.3, 0.4) is 0 Å². The van der Waals surface area contributed by atoms with Crippen LogP contribution in [0.5, 0.6) is 11.5 Å². The lowest BCUT2D eigenvalue weighted by atomic mass is 9.71. The summed E-state index contributed by atoms with van der Waals surface area (Å²) in [7, 11) is 1.67. The Bertz CT molecular complexity index is 825. The Morgan fingerprint density at radius 1 is 1.08 bits per heavy atom. The van der Waals surface area contributed by atoms with E-state index in [1.165, 1.54) is 0 Å². The predicted molar refractivity (Wildman–Crippen MR) is 89.7 cm³/mol. The number of aromatic hydroxyl groups is 1. The molecule has 1 heterocycles. The summed E-state index contributed by atoms with van der Waals surface area (Å²) in [5, 5.41) is 19.8. The lowest BCUT2D eigenvalue weighted by Gasteiger charge is -2.45. The van der Waals surface area contributed by atoms with Crippen LogP contribution in [0.1, 0.15) is 11.1 Å². The molecular formula is C20H18O4. The third kappa shape index (κ3) is 2.08. The second-order valence-electron chi connectivity index (χ2n) is 6.01. The molecule has 0 saturated heterocycles. The number of hydrogen-bond donors (Lipinski definition) is 2. The van der Waals surface area contributed by atoms with Gasteiger partial charge < -0.3 is 19.7 Å². The highest BCUT2D eigenvalue weighted by Crippen LogP contribution is 2.53. The molecule has 4 heteroatoms. The van der Waals surface area contributed by atoms with E-state index >= 15 is 0 Å². The molecule has 1 aliphatic carbocycles. The van der Waals surface area contributed by atoms with E-state index in [4.69, 9.17) is 9.47 Å². The highest BCUT2D eigenvalue weighted by Gasteiger charge is 2.50. The highest BCUT2D eigenvalue weighted by molar-refractivity contribution is 5.54. The van der Waals surface area contributed by atoms with Crippen molar-refractivity contribution in [1.82, 2.24) is 0 Å². The smallest absolute Gasteiger partial charge is 0.137 e. The van der Waals surface area contributed by atoms with Crippen molar-refractivity contribution in [3.63, 3.8) is 0 Å². The number of fused-ring (bicyclic) bond motifs is 2. The largest absolute Gasteiger partial charge is 0.508 e. The Kier molecular flexibility index (Phi) is 3.44. The predicted octanol–water partition coefficient (Wildman–Crippen LogP) is 3.11. The molecule has 122 valence electrons. The molecule has 0 radical (unpaired) electrons. The molecule has 2 N–H and O–H groups in total. The molecule has 24 heavy (non-hydrogen) atoms. The van der Waals surface area contributed by atoms with Gasteiger partial charge in [-0.3, -0.25) is 0 Å². The minimum atomic E-state index is -0.787. The summed E-state index contributed by atoms with van der Waals surface area (Å²) in [6.07, 6.45) is 4.64. The van der Waals surface area contributed by atoms with Crippen molar-refractivity contribution in [2.75, 3.05) is 7.11 Å². The first-order chi connectivity index (χ1) is 11.6. The summed E-state index contributed by atoms with van der Waals surface area (Å²) in [6, 6.07) is 15.0. The Labute approximate surface area is 140 Å². The van der Waals surface area contributed by atoms with E-state index in [1.807, 2.05) is 42.5 Å². The fourth-order valence-electron chi connectivity index (χ4n) is 3.65. The summed E-state index contributed by atoms with van der Waals surface area (Å²) < 4.78 is 12.1. The summed E-state index contributed by atoms with van der Waals surface area (Å²) >= 11 is 0. The molecule has 0 bridgehead atoms. The maximum absolute atomic E-state index is 9.93. The molecule has 1 aliphatic heterocycles. The first-order valence-electron chi connectivity index (χ1n) is 7.85. The van der Waals surface area contributed by atoms with Gasteiger partial charge in [0.2, 0.25) is 0 Å². The molecule has 0 aromatic heterocycles. The number of benzene rings is 2. The zero-order valence-corrected chi connectivity index (χ0v) is 13.2. The van der Waals surface area contributed by atoms with E-state index in [1.54, 1.807) is 31.4 Å². The molecular weight excluding hydrogens is 304 g/mol. The summed E-state index contributed by atoms with van der Waals surface area (Å²) in [5.41, 5.74) is 1.04. The zero-order chi connectivity index (χ0) is 16.7. The minimum absolute atomic E-state index is 0.123. The quantitative estimate of drug-likeness (QED) is 0.834. The molecule has 4 rings (SSSR count). The standard InChI is InChI=1S/C20H18O4/c1-23-20(13-5-3-2-4-6-13)16-9-7-14(21)11-18(16)24-19-12-15(22)8-10-17(19)20/h2-12,14,16,21-22H,1H3. The third-order valence-corrected chi connectivity index (χ3v) is 4.70. The Balaban J connectivity index is 2.02. The van der Waals surface area contributed by atoms with Crippen molar-refractivity contribution in [1.29, 1.82) is 0 Å². The van der Waals surface area contributed by atoms with Gasteiger partial charge in [0.15, 0.2) is 0 Å². The lowest BCUT2D eigenvalue weighted by molar-refractivity contribution is -0.0256. The van der Waals surface area contributed by atoms with E-state index < -0.39 is 11.7 Å². The van der Waals surface area contributed by atoms with Gasteiger partial charge >= 0.3 is 0 Å². The number of phenolic OH excluding ortho intramolecular Hbond substituents is 1. The zero-order valence-electron chi connectivity index (χ0n) is 13.2. The Morgan fingerprint density at radius 3 is 2.62 bits per heavy atom. The van der Waals surface area contributed by atoms with Crippen molar-refractivity contribution in [2.24, 2.45) is 5.92 Å². The van der Waals surface area contributed by atoms with Crippen LogP contribution in [0, 0.1) is 5.92 Å². The van der Waals surface area contributed by atoms with Crippen molar-refractivity contribution in [3.8, 4) is 11.5 Å². The molecule has 2 aromatic rings. The second-order valence-corrected chi connectivity index (χ2v) is 6.01.